The molecule has 26 heavy (non-hydrogen) atoms. The average Bonchev–Trinajstić information content (AvgIpc) is 3.01. The Morgan fingerprint density at radius 3 is 2.77 bits per heavy atom. The lowest BCUT2D eigenvalue weighted by molar-refractivity contribution is 0.184. The minimum atomic E-state index is 0.506. The molecule has 1 saturated heterocycles. The second-order valence-corrected chi connectivity index (χ2v) is 9.49. The van der Waals surface area contributed by atoms with Crippen molar-refractivity contribution in [3.8, 4) is 0 Å². The standard InChI is InChI=1S/C21H23Br2N3/c1-25-10-7-13(8-11-25)15-5-6-17(22)20-18(15)24-21(23)16-4-2-3-14-9-12-26(20)19(14)16/h4,6,9,12-13,15H,2-3,5,7-8,10-11H2,1H3. The first kappa shape index (κ1) is 17.2. The van der Waals surface area contributed by atoms with Crippen molar-refractivity contribution in [2.45, 2.75) is 32.1 Å². The van der Waals surface area contributed by atoms with Crippen LogP contribution < -0.4 is 0 Å². The number of aliphatic imine (C=N–C) groups is 1. The molecule has 136 valence electrons. The van der Waals surface area contributed by atoms with Gasteiger partial charge in [-0.25, -0.2) is 4.99 Å². The van der Waals surface area contributed by atoms with E-state index in [1.807, 2.05) is 0 Å². The third kappa shape index (κ3) is 2.66. The van der Waals surface area contributed by atoms with E-state index >= 15 is 0 Å². The summed E-state index contributed by atoms with van der Waals surface area (Å²) in [5.74, 6) is 1.22. The van der Waals surface area contributed by atoms with E-state index in [-0.39, 0.29) is 0 Å². The van der Waals surface area contributed by atoms with Crippen LogP contribution >= 0.6 is 31.9 Å². The van der Waals surface area contributed by atoms with Crippen molar-refractivity contribution in [3.63, 3.8) is 0 Å². The molecule has 0 saturated carbocycles. The summed E-state index contributed by atoms with van der Waals surface area (Å²) >= 11 is 7.68. The van der Waals surface area contributed by atoms with Crippen LogP contribution in [0.2, 0.25) is 0 Å². The van der Waals surface area contributed by atoms with E-state index in [0.29, 0.717) is 11.8 Å². The molecule has 0 amide bonds. The molecule has 5 heteroatoms. The highest BCUT2D eigenvalue weighted by Crippen LogP contribution is 2.47. The highest BCUT2D eigenvalue weighted by Gasteiger charge is 2.36. The van der Waals surface area contributed by atoms with E-state index in [0.717, 1.165) is 23.9 Å². The second kappa shape index (κ2) is 6.61. The van der Waals surface area contributed by atoms with Crippen molar-refractivity contribution in [3.05, 3.63) is 45.9 Å². The summed E-state index contributed by atoms with van der Waals surface area (Å²) in [5, 5.41) is 0. The van der Waals surface area contributed by atoms with E-state index in [9.17, 15) is 0 Å². The van der Waals surface area contributed by atoms with Crippen LogP contribution in [-0.4, -0.2) is 34.2 Å². The monoisotopic (exact) mass is 475 g/mol. The van der Waals surface area contributed by atoms with Crippen LogP contribution in [0.25, 0.3) is 11.3 Å². The minimum absolute atomic E-state index is 0.506. The van der Waals surface area contributed by atoms with E-state index < -0.39 is 0 Å². The highest BCUT2D eigenvalue weighted by atomic mass is 79.9. The third-order valence-electron chi connectivity index (χ3n) is 6.37. The number of likely N-dealkylation sites (tertiary alicyclic amines) is 1. The smallest absolute Gasteiger partial charge is 0.115 e. The van der Waals surface area contributed by atoms with Gasteiger partial charge in [0.25, 0.3) is 0 Å². The molecule has 2 aliphatic heterocycles. The van der Waals surface area contributed by atoms with Gasteiger partial charge in [0.2, 0.25) is 0 Å². The first-order chi connectivity index (χ1) is 12.6. The van der Waals surface area contributed by atoms with Crippen LogP contribution in [0.3, 0.4) is 0 Å². The zero-order valence-electron chi connectivity index (χ0n) is 15.0. The topological polar surface area (TPSA) is 20.5 Å². The summed E-state index contributed by atoms with van der Waals surface area (Å²) in [6.07, 6.45) is 12.8. The van der Waals surface area contributed by atoms with Crippen molar-refractivity contribution in [2.75, 3.05) is 20.1 Å². The number of aryl methyl sites for hydroxylation is 1. The molecule has 0 aromatic carbocycles. The first-order valence-corrected chi connectivity index (χ1v) is 11.2. The van der Waals surface area contributed by atoms with Crippen LogP contribution in [0.15, 0.2) is 39.6 Å². The number of aromatic nitrogens is 1. The molecule has 0 bridgehead atoms. The number of hydrogen-bond acceptors (Lipinski definition) is 2. The van der Waals surface area contributed by atoms with Gasteiger partial charge < -0.3 is 9.47 Å². The van der Waals surface area contributed by atoms with Gasteiger partial charge in [0.05, 0.1) is 17.1 Å². The van der Waals surface area contributed by atoms with Crippen molar-refractivity contribution < 1.29 is 0 Å². The lowest BCUT2D eigenvalue weighted by Crippen LogP contribution is -2.34. The molecule has 0 spiro atoms. The number of allylic oxidation sites excluding steroid dienone is 6. The maximum Gasteiger partial charge on any atom is 0.115 e. The predicted octanol–water partition coefficient (Wildman–Crippen LogP) is 5.43. The highest BCUT2D eigenvalue weighted by molar-refractivity contribution is 9.18. The molecule has 3 nitrogen and oxygen atoms in total. The van der Waals surface area contributed by atoms with Crippen LogP contribution in [0, 0.1) is 11.8 Å². The molecule has 1 fully saturated rings. The van der Waals surface area contributed by atoms with E-state index in [4.69, 9.17) is 4.99 Å². The molecule has 4 aliphatic rings. The third-order valence-corrected chi connectivity index (χ3v) is 7.68. The van der Waals surface area contributed by atoms with Crippen LogP contribution in [0.5, 0.6) is 0 Å². The summed E-state index contributed by atoms with van der Waals surface area (Å²) in [6.45, 7) is 2.40. The molecule has 2 aliphatic carbocycles. The number of rotatable bonds is 1. The Bertz CT molecular complexity index is 879. The fourth-order valence-corrected chi connectivity index (χ4v) is 6.06. The molecular formula is C21H23Br2N3. The van der Waals surface area contributed by atoms with Gasteiger partial charge in [-0.15, -0.1) is 0 Å². The number of fused-ring (bicyclic) bond motifs is 1. The van der Waals surface area contributed by atoms with E-state index in [1.54, 1.807) is 0 Å². The van der Waals surface area contributed by atoms with Crippen LogP contribution in [0.4, 0.5) is 0 Å². The van der Waals surface area contributed by atoms with Crippen molar-refractivity contribution in [1.29, 1.82) is 0 Å². The molecular weight excluding hydrogens is 454 g/mol. The van der Waals surface area contributed by atoms with Gasteiger partial charge in [-0.3, -0.25) is 0 Å². The molecule has 1 aromatic heterocycles. The minimum Gasteiger partial charge on any atom is -0.313 e. The van der Waals surface area contributed by atoms with Crippen molar-refractivity contribution >= 4 is 47.8 Å². The lowest BCUT2D eigenvalue weighted by Gasteiger charge is -2.36. The zero-order valence-corrected chi connectivity index (χ0v) is 18.2. The van der Waals surface area contributed by atoms with Crippen molar-refractivity contribution in [2.24, 2.45) is 16.8 Å². The normalized spacial score (nSPS) is 26.6. The molecule has 1 unspecified atom stereocenters. The summed E-state index contributed by atoms with van der Waals surface area (Å²) in [6, 6.07) is 2.29. The van der Waals surface area contributed by atoms with E-state index in [1.165, 1.54) is 58.6 Å². The Morgan fingerprint density at radius 1 is 1.15 bits per heavy atom. The summed E-state index contributed by atoms with van der Waals surface area (Å²) in [4.78, 5) is 7.63. The van der Waals surface area contributed by atoms with Gasteiger partial charge in [0.1, 0.15) is 4.62 Å². The zero-order chi connectivity index (χ0) is 17.8. The van der Waals surface area contributed by atoms with E-state index in [2.05, 4.69) is 72.8 Å². The summed E-state index contributed by atoms with van der Waals surface area (Å²) in [5.41, 5.74) is 6.53. The molecule has 0 radical (unpaired) electrons. The fourth-order valence-electron chi connectivity index (χ4n) is 4.94. The van der Waals surface area contributed by atoms with Gasteiger partial charge in [0, 0.05) is 22.2 Å². The summed E-state index contributed by atoms with van der Waals surface area (Å²) in [7, 11) is 2.23. The maximum absolute atomic E-state index is 5.18. The van der Waals surface area contributed by atoms with Gasteiger partial charge in [-0.05, 0) is 102 Å². The molecule has 1 atom stereocenters. The molecule has 1 aromatic rings. The van der Waals surface area contributed by atoms with Gasteiger partial charge in [-0.2, -0.15) is 0 Å². The predicted molar refractivity (Wildman–Crippen MR) is 116 cm³/mol. The lowest BCUT2D eigenvalue weighted by atomic mass is 9.78. The van der Waals surface area contributed by atoms with Crippen LogP contribution in [-0.2, 0) is 6.42 Å². The van der Waals surface area contributed by atoms with Gasteiger partial charge >= 0.3 is 0 Å². The van der Waals surface area contributed by atoms with Crippen molar-refractivity contribution in [1.82, 2.24) is 9.47 Å². The largest absolute Gasteiger partial charge is 0.313 e. The number of piperidine rings is 1. The number of halogens is 2. The van der Waals surface area contributed by atoms with Gasteiger partial charge in [-0.1, -0.05) is 12.2 Å². The number of nitrogens with zero attached hydrogens (tertiary/aromatic N) is 3. The van der Waals surface area contributed by atoms with Gasteiger partial charge in [0.15, 0.2) is 0 Å². The average molecular weight is 477 g/mol. The maximum atomic E-state index is 5.18. The quantitative estimate of drug-likeness (QED) is 0.528. The molecule has 5 rings (SSSR count). The Balaban J connectivity index is 1.66. The number of hydrogen-bond donors (Lipinski definition) is 0. The Morgan fingerprint density at radius 2 is 1.96 bits per heavy atom. The Labute approximate surface area is 171 Å². The Hall–Kier alpha value is -0.910. The fraction of sp³-hybridized carbons (Fsp3) is 0.476. The SMILES string of the molecule is CN1CCC(C2CC=C(Br)C3=C2N=C(Br)C2=CCCc4ccn3c42)CC1. The first-order valence-electron chi connectivity index (χ1n) is 9.58. The molecule has 3 heterocycles. The molecule has 0 N–H and O–H groups in total. The van der Waals surface area contributed by atoms with Crippen LogP contribution in [0.1, 0.15) is 36.9 Å². The second-order valence-electron chi connectivity index (χ2n) is 7.89. The summed E-state index contributed by atoms with van der Waals surface area (Å²) < 4.78 is 4.57. The Kier molecular flexibility index (Phi) is 4.37.